The summed E-state index contributed by atoms with van der Waals surface area (Å²) in [6.07, 6.45) is 2.38. The Hall–Kier alpha value is -2.12. The summed E-state index contributed by atoms with van der Waals surface area (Å²) in [6.45, 7) is 4.45. The van der Waals surface area contributed by atoms with Gasteiger partial charge >= 0.3 is 5.91 Å². The number of nitrogens with one attached hydrogen (secondary N) is 2. The third-order valence-electron chi connectivity index (χ3n) is 4.94. The monoisotopic (exact) mass is 363 g/mol. The van der Waals surface area contributed by atoms with Gasteiger partial charge in [0.25, 0.3) is 5.71 Å². The Morgan fingerprint density at radius 1 is 1.46 bits per heavy atom. The molecule has 1 fully saturated rings. The highest BCUT2D eigenvalue weighted by Crippen LogP contribution is 2.33. The molecular formula is C19H31N4O3+. The molecule has 26 heavy (non-hydrogen) atoms. The first-order chi connectivity index (χ1) is 12.3. The fourth-order valence-electron chi connectivity index (χ4n) is 3.12. The number of amides is 1. The lowest BCUT2D eigenvalue weighted by molar-refractivity contribution is -0.418. The number of rotatable bonds is 8. The van der Waals surface area contributed by atoms with Crippen LogP contribution >= 0.6 is 0 Å². The second-order valence-electron chi connectivity index (χ2n) is 7.50. The Morgan fingerprint density at radius 3 is 2.69 bits per heavy atom. The highest BCUT2D eigenvalue weighted by atomic mass is 16.5. The van der Waals surface area contributed by atoms with Crippen LogP contribution in [0.1, 0.15) is 32.3 Å². The van der Waals surface area contributed by atoms with E-state index in [2.05, 4.69) is 17.2 Å². The molecule has 1 aliphatic rings. The highest BCUT2D eigenvalue weighted by Gasteiger charge is 2.30. The molecule has 2 rings (SSSR count). The number of nitrogens with two attached hydrogens (primary N) is 2. The molecule has 7 nitrogen and oxygen atoms in total. The minimum Gasteiger partial charge on any atom is -0.493 e. The molecule has 0 saturated heterocycles. The molecule has 0 heterocycles. The number of anilines is 1. The van der Waals surface area contributed by atoms with Gasteiger partial charge in [0.1, 0.15) is 12.8 Å². The van der Waals surface area contributed by atoms with Crippen molar-refractivity contribution in [3.05, 3.63) is 23.8 Å². The Morgan fingerprint density at radius 2 is 2.15 bits per heavy atom. The first kappa shape index (κ1) is 20.2. The van der Waals surface area contributed by atoms with Gasteiger partial charge in [0, 0.05) is 12.2 Å². The van der Waals surface area contributed by atoms with Gasteiger partial charge in [0.05, 0.1) is 24.3 Å². The third-order valence-corrected chi connectivity index (χ3v) is 4.94. The Balaban J connectivity index is 2.13. The molecule has 7 N–H and O–H groups in total. The molecule has 1 amide bonds. The molecule has 0 aromatic heterocycles. The molecule has 1 saturated carbocycles. The molecule has 0 aliphatic heterocycles. The molecule has 1 unspecified atom stereocenters. The molecule has 144 valence electrons. The van der Waals surface area contributed by atoms with Gasteiger partial charge in [-0.25, -0.2) is 4.99 Å². The van der Waals surface area contributed by atoms with Crippen LogP contribution < -0.4 is 26.5 Å². The second kappa shape index (κ2) is 8.51. The standard InChI is InChI=1S/C19H30N4O3/c1-12-6-13(7-12)9-26-14-4-5-16(21)15(8-14)17(22-3)18(25)23-19(2,10-20)11-24/h4-5,8,12-13,24H,6-7,9-11,20-21H2,1-3H3,(H,23,25)/p+1. The van der Waals surface area contributed by atoms with E-state index in [1.54, 1.807) is 26.1 Å². The van der Waals surface area contributed by atoms with Crippen LogP contribution in [0.5, 0.6) is 5.75 Å². The lowest BCUT2D eigenvalue weighted by atomic mass is 9.77. The summed E-state index contributed by atoms with van der Waals surface area (Å²) >= 11 is 0. The maximum atomic E-state index is 12.7. The minimum atomic E-state index is -0.900. The number of carbonyl (C=O) groups is 1. The predicted molar refractivity (Wildman–Crippen MR) is 102 cm³/mol. The summed E-state index contributed by atoms with van der Waals surface area (Å²) in [4.78, 5) is 15.6. The fraction of sp³-hybridized carbons (Fsp3) is 0.579. The van der Waals surface area contributed by atoms with Crippen LogP contribution in [0.2, 0.25) is 0 Å². The van der Waals surface area contributed by atoms with Gasteiger partial charge in [-0.05, 0) is 49.8 Å². The molecule has 1 aromatic carbocycles. The first-order valence-electron chi connectivity index (χ1n) is 9.02. The number of benzene rings is 1. The van der Waals surface area contributed by atoms with Crippen molar-refractivity contribution in [2.75, 3.05) is 32.5 Å². The lowest BCUT2D eigenvalue weighted by Gasteiger charge is -2.32. The number of carbonyl (C=O) groups excluding carboxylic acids is 1. The molecule has 7 heteroatoms. The predicted octanol–water partition coefficient (Wildman–Crippen LogP) is -0.981. The number of hydrogen-bond donors (Lipinski definition) is 5. The Bertz CT molecular complexity index is 665. The molecule has 0 bridgehead atoms. The van der Waals surface area contributed by atoms with Gasteiger partial charge in [-0.15, -0.1) is 0 Å². The smallest absolute Gasteiger partial charge is 0.316 e. The van der Waals surface area contributed by atoms with Crippen LogP contribution in [0.15, 0.2) is 18.2 Å². The molecule has 0 spiro atoms. The van der Waals surface area contributed by atoms with Gasteiger partial charge in [-0.3, -0.25) is 4.79 Å². The van der Waals surface area contributed by atoms with Crippen LogP contribution in [-0.2, 0) is 4.79 Å². The zero-order valence-electron chi connectivity index (χ0n) is 15.8. The van der Waals surface area contributed by atoms with Crippen molar-refractivity contribution < 1.29 is 19.6 Å². The Kier molecular flexibility index (Phi) is 6.61. The van der Waals surface area contributed by atoms with E-state index in [4.69, 9.17) is 16.2 Å². The SMILES string of the molecule is C[NH+]=C(C(=O)NC(C)(CN)CO)c1cc(OCC2CC(C)C2)ccc1N. The first-order valence-corrected chi connectivity index (χ1v) is 9.02. The molecule has 0 radical (unpaired) electrons. The van der Waals surface area contributed by atoms with Crippen LogP contribution in [-0.4, -0.2) is 49.1 Å². The van der Waals surface area contributed by atoms with Crippen molar-refractivity contribution >= 4 is 17.3 Å². The largest absolute Gasteiger partial charge is 0.493 e. The average molecular weight is 363 g/mol. The van der Waals surface area contributed by atoms with Crippen LogP contribution in [0.25, 0.3) is 0 Å². The molecular weight excluding hydrogens is 332 g/mol. The van der Waals surface area contributed by atoms with Crippen LogP contribution in [0.3, 0.4) is 0 Å². The number of ether oxygens (including phenoxy) is 1. The zero-order valence-corrected chi connectivity index (χ0v) is 15.8. The van der Waals surface area contributed by atoms with Crippen molar-refractivity contribution in [3.8, 4) is 5.75 Å². The summed E-state index contributed by atoms with van der Waals surface area (Å²) in [5, 5.41) is 12.2. The number of nitrogen functional groups attached to an aromatic ring is 1. The summed E-state index contributed by atoms with van der Waals surface area (Å²) in [7, 11) is 1.65. The maximum absolute atomic E-state index is 12.7. The molecule has 1 aliphatic carbocycles. The van der Waals surface area contributed by atoms with Crippen molar-refractivity contribution in [2.45, 2.75) is 32.2 Å². The van der Waals surface area contributed by atoms with Crippen molar-refractivity contribution in [2.24, 2.45) is 17.6 Å². The van der Waals surface area contributed by atoms with Gasteiger partial charge in [-0.1, -0.05) is 6.92 Å². The highest BCUT2D eigenvalue weighted by molar-refractivity contribution is 6.44. The van der Waals surface area contributed by atoms with Crippen LogP contribution in [0.4, 0.5) is 5.69 Å². The summed E-state index contributed by atoms with van der Waals surface area (Å²) < 4.78 is 5.88. The van der Waals surface area contributed by atoms with E-state index in [-0.39, 0.29) is 19.1 Å². The van der Waals surface area contributed by atoms with E-state index < -0.39 is 5.54 Å². The van der Waals surface area contributed by atoms with Gasteiger partial charge in [0.2, 0.25) is 0 Å². The Labute approximate surface area is 154 Å². The average Bonchev–Trinajstić information content (AvgIpc) is 2.60. The van der Waals surface area contributed by atoms with Gasteiger partial charge < -0.3 is 26.6 Å². The third kappa shape index (κ3) is 4.74. The number of hydrogen-bond acceptors (Lipinski definition) is 5. The normalized spacial score (nSPS) is 22.3. The quantitative estimate of drug-likeness (QED) is 0.300. The van der Waals surface area contributed by atoms with E-state index in [0.717, 1.165) is 5.92 Å². The van der Waals surface area contributed by atoms with Crippen molar-refractivity contribution in [1.82, 2.24) is 5.32 Å². The van der Waals surface area contributed by atoms with E-state index >= 15 is 0 Å². The zero-order chi connectivity index (χ0) is 19.3. The van der Waals surface area contributed by atoms with E-state index in [1.165, 1.54) is 12.8 Å². The van der Waals surface area contributed by atoms with E-state index in [9.17, 15) is 9.90 Å². The lowest BCUT2D eigenvalue weighted by Crippen LogP contribution is -2.73. The van der Waals surface area contributed by atoms with Crippen molar-refractivity contribution in [1.29, 1.82) is 0 Å². The van der Waals surface area contributed by atoms with Gasteiger partial charge in [0.15, 0.2) is 0 Å². The summed E-state index contributed by atoms with van der Waals surface area (Å²) in [6, 6.07) is 5.30. The fourth-order valence-corrected chi connectivity index (χ4v) is 3.12. The van der Waals surface area contributed by atoms with Crippen LogP contribution in [0, 0.1) is 11.8 Å². The molecule has 1 atom stereocenters. The summed E-state index contributed by atoms with van der Waals surface area (Å²) in [5.41, 5.74) is 12.1. The number of aliphatic hydroxyl groups excluding tert-OH is 1. The second-order valence-corrected chi connectivity index (χ2v) is 7.50. The summed E-state index contributed by atoms with van der Waals surface area (Å²) in [5.74, 6) is 1.67. The van der Waals surface area contributed by atoms with E-state index in [0.29, 0.717) is 35.2 Å². The maximum Gasteiger partial charge on any atom is 0.316 e. The van der Waals surface area contributed by atoms with E-state index in [1.807, 2.05) is 6.07 Å². The number of aliphatic hydroxyl groups is 1. The topological polar surface area (TPSA) is 125 Å². The van der Waals surface area contributed by atoms with Gasteiger partial charge in [-0.2, -0.15) is 0 Å². The molecule has 1 aromatic rings. The minimum absolute atomic E-state index is 0.116. The van der Waals surface area contributed by atoms with Crippen molar-refractivity contribution in [3.63, 3.8) is 0 Å².